The second kappa shape index (κ2) is 11.4. The van der Waals surface area contributed by atoms with Crippen LogP contribution in [0.1, 0.15) is 75.7 Å². The van der Waals surface area contributed by atoms with Crippen LogP contribution in [0.5, 0.6) is 0 Å². The summed E-state index contributed by atoms with van der Waals surface area (Å²) in [4.78, 5) is 40.3. The number of hydrogen-bond acceptors (Lipinski definition) is 6. The van der Waals surface area contributed by atoms with Gasteiger partial charge in [-0.1, -0.05) is 18.2 Å². The largest absolute Gasteiger partial charge is 0.466 e. The van der Waals surface area contributed by atoms with Gasteiger partial charge in [-0.15, -0.1) is 12.4 Å². The molecule has 34 heavy (non-hydrogen) atoms. The van der Waals surface area contributed by atoms with Crippen molar-refractivity contribution in [3.63, 3.8) is 0 Å². The minimum atomic E-state index is -0.527. The van der Waals surface area contributed by atoms with Crippen molar-refractivity contribution in [2.24, 2.45) is 0 Å². The average Bonchev–Trinajstić information content (AvgIpc) is 3.01. The highest BCUT2D eigenvalue weighted by Crippen LogP contribution is 2.37. The summed E-state index contributed by atoms with van der Waals surface area (Å²) in [5.41, 5.74) is 0.628. The Kier molecular flexibility index (Phi) is 8.77. The van der Waals surface area contributed by atoms with Crippen LogP contribution in [0, 0.1) is 0 Å². The fourth-order valence-electron chi connectivity index (χ4n) is 5.48. The molecule has 0 spiro atoms. The number of carbonyl (C=O) groups excluding carboxylic acids is 2. The first kappa shape index (κ1) is 26.2. The van der Waals surface area contributed by atoms with Gasteiger partial charge in [0.25, 0.3) is 5.56 Å². The molecule has 3 heterocycles. The fraction of sp³-hybridized carbons (Fsp3) is 0.577. The van der Waals surface area contributed by atoms with E-state index < -0.39 is 5.97 Å². The van der Waals surface area contributed by atoms with Crippen LogP contribution in [0.3, 0.4) is 0 Å². The van der Waals surface area contributed by atoms with Crippen LogP contribution in [-0.4, -0.2) is 52.7 Å². The molecule has 0 amide bonds. The number of nitrogens with zero attached hydrogens (tertiary/aromatic N) is 2. The van der Waals surface area contributed by atoms with Gasteiger partial charge in [0.1, 0.15) is 11.7 Å². The van der Waals surface area contributed by atoms with Gasteiger partial charge in [0.2, 0.25) is 0 Å². The van der Waals surface area contributed by atoms with E-state index in [2.05, 4.69) is 4.90 Å². The Morgan fingerprint density at radius 2 is 1.79 bits per heavy atom. The second-order valence-electron chi connectivity index (χ2n) is 9.42. The third kappa shape index (κ3) is 5.47. The van der Waals surface area contributed by atoms with Gasteiger partial charge in [-0.05, 0) is 64.1 Å². The summed E-state index contributed by atoms with van der Waals surface area (Å²) in [6.45, 7) is 6.98. The number of ether oxygens (including phenoxy) is 2. The Labute approximate surface area is 206 Å². The molecular weight excluding hydrogens is 456 g/mol. The van der Waals surface area contributed by atoms with Crippen molar-refractivity contribution in [1.29, 1.82) is 0 Å². The highest BCUT2D eigenvalue weighted by molar-refractivity contribution is 5.94. The summed E-state index contributed by atoms with van der Waals surface area (Å²) >= 11 is 0. The van der Waals surface area contributed by atoms with E-state index in [1.807, 2.05) is 45.0 Å². The number of benzene rings is 1. The zero-order chi connectivity index (χ0) is 23.5. The predicted octanol–water partition coefficient (Wildman–Crippen LogP) is 4.50. The molecule has 1 aromatic carbocycles. The molecule has 8 heteroatoms. The first-order valence-electron chi connectivity index (χ1n) is 12.2. The number of piperidine rings is 1. The van der Waals surface area contributed by atoms with Crippen molar-refractivity contribution in [2.45, 2.75) is 83.5 Å². The number of esters is 2. The average molecular weight is 491 g/mol. The number of aromatic nitrogens is 1. The minimum Gasteiger partial charge on any atom is -0.466 e. The highest BCUT2D eigenvalue weighted by Gasteiger charge is 2.42. The van der Waals surface area contributed by atoms with Crippen LogP contribution in [0.15, 0.2) is 35.1 Å². The van der Waals surface area contributed by atoms with Crippen LogP contribution >= 0.6 is 12.4 Å². The zero-order valence-electron chi connectivity index (χ0n) is 20.2. The number of halogens is 1. The second-order valence-corrected chi connectivity index (χ2v) is 9.42. The van der Waals surface area contributed by atoms with Gasteiger partial charge < -0.3 is 14.0 Å². The first-order chi connectivity index (χ1) is 15.9. The molecule has 1 aromatic heterocycles. The number of rotatable bonds is 8. The van der Waals surface area contributed by atoms with E-state index in [0.717, 1.165) is 49.6 Å². The molecular formula is C26H35ClN2O5. The van der Waals surface area contributed by atoms with Crippen LogP contribution in [0.2, 0.25) is 0 Å². The molecule has 0 saturated carbocycles. The number of carbonyl (C=O) groups is 2. The summed E-state index contributed by atoms with van der Waals surface area (Å²) in [5.74, 6) is -0.670. The Balaban J connectivity index is 0.00000324. The maximum Gasteiger partial charge on any atom is 0.344 e. The SMILES string of the molecule is CCOC(=O)CCCN1C2CCC1CC(OC(=O)c1cc3ccccc3n(C(C)C)c1=O)C2.Cl. The molecule has 0 aliphatic carbocycles. The third-order valence-corrected chi connectivity index (χ3v) is 6.90. The topological polar surface area (TPSA) is 77.8 Å². The lowest BCUT2D eigenvalue weighted by Crippen LogP contribution is -2.46. The minimum absolute atomic E-state index is 0. The third-order valence-electron chi connectivity index (χ3n) is 6.90. The summed E-state index contributed by atoms with van der Waals surface area (Å²) in [7, 11) is 0. The lowest BCUT2D eigenvalue weighted by molar-refractivity contribution is -0.143. The van der Waals surface area contributed by atoms with Gasteiger partial charge >= 0.3 is 11.9 Å². The molecule has 2 aromatic rings. The predicted molar refractivity (Wildman–Crippen MR) is 134 cm³/mol. The Morgan fingerprint density at radius 3 is 2.44 bits per heavy atom. The van der Waals surface area contributed by atoms with E-state index in [4.69, 9.17) is 9.47 Å². The molecule has 2 saturated heterocycles. The van der Waals surface area contributed by atoms with Gasteiger partial charge in [-0.25, -0.2) is 4.79 Å². The molecule has 0 N–H and O–H groups in total. The van der Waals surface area contributed by atoms with Crippen molar-refractivity contribution in [1.82, 2.24) is 9.47 Å². The van der Waals surface area contributed by atoms with Crippen LogP contribution < -0.4 is 5.56 Å². The molecule has 2 bridgehead atoms. The number of para-hydroxylation sites is 1. The maximum atomic E-state index is 13.1. The lowest BCUT2D eigenvalue weighted by Gasteiger charge is -2.38. The lowest BCUT2D eigenvalue weighted by atomic mass is 9.99. The van der Waals surface area contributed by atoms with Gasteiger partial charge in [0.15, 0.2) is 0 Å². The maximum absolute atomic E-state index is 13.1. The number of hydrogen-bond donors (Lipinski definition) is 0. The first-order valence-corrected chi connectivity index (χ1v) is 12.2. The molecule has 186 valence electrons. The monoisotopic (exact) mass is 490 g/mol. The van der Waals surface area contributed by atoms with Crippen LogP contribution in [0.4, 0.5) is 0 Å². The fourth-order valence-corrected chi connectivity index (χ4v) is 5.48. The molecule has 2 unspecified atom stereocenters. The summed E-state index contributed by atoms with van der Waals surface area (Å²) in [6.07, 6.45) is 4.73. The van der Waals surface area contributed by atoms with E-state index in [9.17, 15) is 14.4 Å². The Morgan fingerprint density at radius 1 is 1.12 bits per heavy atom. The quantitative estimate of drug-likeness (QED) is 0.507. The smallest absolute Gasteiger partial charge is 0.344 e. The molecule has 2 fully saturated rings. The van der Waals surface area contributed by atoms with Gasteiger partial charge in [-0.2, -0.15) is 0 Å². The standard InChI is InChI=1S/C26H34N2O5.ClH/c1-4-32-24(29)10-7-13-27-19-11-12-20(27)16-21(15-19)33-26(31)22-14-18-8-5-6-9-23(18)28(17(2)3)25(22)30;/h5-6,8-9,14,17,19-21H,4,7,10-13,15-16H2,1-3H3;1H. The van der Waals surface area contributed by atoms with Gasteiger partial charge in [0.05, 0.1) is 12.1 Å². The highest BCUT2D eigenvalue weighted by atomic mass is 35.5. The zero-order valence-corrected chi connectivity index (χ0v) is 21.0. The van der Waals surface area contributed by atoms with E-state index in [0.29, 0.717) is 25.1 Å². The number of pyridine rings is 1. The molecule has 2 atom stereocenters. The van der Waals surface area contributed by atoms with Crippen molar-refractivity contribution >= 4 is 35.2 Å². The summed E-state index contributed by atoms with van der Waals surface area (Å²) < 4.78 is 12.6. The molecule has 2 aliphatic rings. The molecule has 2 aliphatic heterocycles. The van der Waals surface area contributed by atoms with Gasteiger partial charge in [-0.3, -0.25) is 14.5 Å². The van der Waals surface area contributed by atoms with E-state index in [-0.39, 0.29) is 41.6 Å². The van der Waals surface area contributed by atoms with Crippen molar-refractivity contribution < 1.29 is 19.1 Å². The Hall–Kier alpha value is -2.38. The summed E-state index contributed by atoms with van der Waals surface area (Å²) in [5, 5.41) is 0.856. The Bertz CT molecular complexity index is 1070. The van der Waals surface area contributed by atoms with Crippen molar-refractivity contribution in [3.05, 3.63) is 46.2 Å². The summed E-state index contributed by atoms with van der Waals surface area (Å²) in [6, 6.07) is 9.93. The normalized spacial score (nSPS) is 21.9. The molecule has 7 nitrogen and oxygen atoms in total. The molecule has 4 rings (SSSR count). The van der Waals surface area contributed by atoms with Gasteiger partial charge in [0, 0.05) is 37.4 Å². The van der Waals surface area contributed by atoms with Crippen molar-refractivity contribution in [3.8, 4) is 0 Å². The van der Waals surface area contributed by atoms with Crippen molar-refractivity contribution in [2.75, 3.05) is 13.2 Å². The molecule has 0 radical (unpaired) electrons. The number of fused-ring (bicyclic) bond motifs is 3. The van der Waals surface area contributed by atoms with E-state index in [1.54, 1.807) is 10.6 Å². The van der Waals surface area contributed by atoms with E-state index in [1.165, 1.54) is 0 Å². The van der Waals surface area contributed by atoms with Crippen LogP contribution in [-0.2, 0) is 14.3 Å². The van der Waals surface area contributed by atoms with E-state index >= 15 is 0 Å². The van der Waals surface area contributed by atoms with Crippen LogP contribution in [0.25, 0.3) is 10.9 Å².